The first-order valence-electron chi connectivity index (χ1n) is 12.1. The molecule has 1 heterocycles. The average molecular weight is 501 g/mol. The van der Waals surface area contributed by atoms with Gasteiger partial charge in [-0.15, -0.1) is 0 Å². The summed E-state index contributed by atoms with van der Waals surface area (Å²) in [5.74, 6) is -0.744. The van der Waals surface area contributed by atoms with Gasteiger partial charge >= 0.3 is 6.09 Å². The summed E-state index contributed by atoms with van der Waals surface area (Å²) in [5, 5.41) is 7.78. The lowest BCUT2D eigenvalue weighted by Gasteiger charge is -2.16. The topological polar surface area (TPSA) is 84.7 Å². The highest BCUT2D eigenvalue weighted by Crippen LogP contribution is 2.25. The lowest BCUT2D eigenvalue weighted by atomic mass is 10.1. The van der Waals surface area contributed by atoms with E-state index in [9.17, 15) is 14.0 Å². The average Bonchev–Trinajstić information content (AvgIpc) is 3.15. The second-order valence-electron chi connectivity index (χ2n) is 8.57. The van der Waals surface area contributed by atoms with Gasteiger partial charge in [-0.3, -0.25) is 4.79 Å². The molecule has 0 saturated heterocycles. The van der Waals surface area contributed by atoms with Crippen molar-refractivity contribution in [2.45, 2.75) is 32.9 Å². The van der Waals surface area contributed by atoms with Crippen molar-refractivity contribution in [1.29, 1.82) is 0 Å². The molecule has 4 rings (SSSR count). The molecule has 0 bridgehead atoms. The van der Waals surface area contributed by atoms with Gasteiger partial charge in [0.1, 0.15) is 11.9 Å². The summed E-state index contributed by atoms with van der Waals surface area (Å²) in [6, 6.07) is 22.9. The number of halogens is 1. The van der Waals surface area contributed by atoms with Gasteiger partial charge in [-0.05, 0) is 43.2 Å². The maximum Gasteiger partial charge on any atom is 0.407 e. The molecule has 8 heteroatoms. The highest BCUT2D eigenvalue weighted by Gasteiger charge is 2.22. The van der Waals surface area contributed by atoms with Gasteiger partial charge in [0.25, 0.3) is 5.91 Å². The first kappa shape index (κ1) is 25.6. The van der Waals surface area contributed by atoms with E-state index in [-0.39, 0.29) is 18.8 Å². The van der Waals surface area contributed by atoms with E-state index < -0.39 is 18.0 Å². The second kappa shape index (κ2) is 12.0. The van der Waals surface area contributed by atoms with Gasteiger partial charge in [-0.1, -0.05) is 60.7 Å². The molecular weight excluding hydrogens is 471 g/mol. The standard InChI is InChI=1S/C29H29FN4O3/c1-3-37-29(36)32-26(17-21-10-5-4-6-11-21)28(35)33-31-18-25-20(2)34(27-15-8-7-14-24(25)27)19-22-12-9-13-23(30)16-22/h4-16,18,26H,3,17,19H2,1-2H3,(H,32,36)(H,33,35)/b31-18-/t26-/m0/s1. The summed E-state index contributed by atoms with van der Waals surface area (Å²) in [6.45, 7) is 4.35. The van der Waals surface area contributed by atoms with Crippen molar-refractivity contribution >= 4 is 29.1 Å². The lowest BCUT2D eigenvalue weighted by molar-refractivity contribution is -0.123. The Morgan fingerprint density at radius 2 is 1.76 bits per heavy atom. The van der Waals surface area contributed by atoms with Crippen LogP contribution in [0.3, 0.4) is 0 Å². The van der Waals surface area contributed by atoms with Crippen LogP contribution in [0.2, 0.25) is 0 Å². The maximum atomic E-state index is 13.8. The number of hydrazone groups is 1. The van der Waals surface area contributed by atoms with E-state index in [1.807, 2.05) is 67.6 Å². The predicted octanol–water partition coefficient (Wildman–Crippen LogP) is 4.94. The van der Waals surface area contributed by atoms with Gasteiger partial charge in [-0.25, -0.2) is 14.6 Å². The molecule has 190 valence electrons. The zero-order chi connectivity index (χ0) is 26.2. The molecule has 0 aliphatic rings. The Morgan fingerprint density at radius 1 is 1.03 bits per heavy atom. The minimum Gasteiger partial charge on any atom is -0.450 e. The highest BCUT2D eigenvalue weighted by atomic mass is 19.1. The van der Waals surface area contributed by atoms with Crippen LogP contribution in [0.15, 0.2) is 84.0 Å². The van der Waals surface area contributed by atoms with Crippen LogP contribution in [0, 0.1) is 12.7 Å². The van der Waals surface area contributed by atoms with Gasteiger partial charge in [0.15, 0.2) is 0 Å². The molecule has 7 nitrogen and oxygen atoms in total. The third-order valence-electron chi connectivity index (χ3n) is 6.04. The zero-order valence-corrected chi connectivity index (χ0v) is 20.8. The maximum absolute atomic E-state index is 13.8. The molecule has 0 spiro atoms. The van der Waals surface area contributed by atoms with E-state index in [0.29, 0.717) is 6.54 Å². The Labute approximate surface area is 214 Å². The molecule has 3 aromatic carbocycles. The van der Waals surface area contributed by atoms with Crippen molar-refractivity contribution in [2.24, 2.45) is 5.10 Å². The van der Waals surface area contributed by atoms with Crippen LogP contribution >= 0.6 is 0 Å². The van der Waals surface area contributed by atoms with E-state index in [1.165, 1.54) is 12.1 Å². The SMILES string of the molecule is CCOC(=O)N[C@@H](Cc1ccccc1)C(=O)N/N=C\c1c(C)n(Cc2cccc(F)c2)c2ccccc12. The Bertz CT molecular complexity index is 1420. The molecule has 0 saturated carbocycles. The summed E-state index contributed by atoms with van der Waals surface area (Å²) in [6.07, 6.45) is 1.22. The van der Waals surface area contributed by atoms with Crippen molar-refractivity contribution < 1.29 is 18.7 Å². The van der Waals surface area contributed by atoms with Gasteiger partial charge in [-0.2, -0.15) is 5.10 Å². The smallest absolute Gasteiger partial charge is 0.407 e. The first-order chi connectivity index (χ1) is 18.0. The van der Waals surface area contributed by atoms with Crippen molar-refractivity contribution in [3.05, 3.63) is 107 Å². The zero-order valence-electron chi connectivity index (χ0n) is 20.8. The Kier molecular flexibility index (Phi) is 8.30. The highest BCUT2D eigenvalue weighted by molar-refractivity contribution is 6.01. The van der Waals surface area contributed by atoms with E-state index in [2.05, 4.69) is 20.4 Å². The van der Waals surface area contributed by atoms with Gasteiger partial charge in [0.05, 0.1) is 12.8 Å². The minimum absolute atomic E-state index is 0.197. The Hall–Kier alpha value is -4.46. The molecular formula is C29H29FN4O3. The number of rotatable bonds is 9. The quantitative estimate of drug-likeness (QED) is 0.252. The van der Waals surface area contributed by atoms with Crippen LogP contribution in [0.5, 0.6) is 0 Å². The minimum atomic E-state index is -0.867. The number of nitrogens with zero attached hydrogens (tertiary/aromatic N) is 2. The van der Waals surface area contributed by atoms with Gasteiger partial charge in [0, 0.05) is 35.1 Å². The van der Waals surface area contributed by atoms with Crippen LogP contribution in [0.1, 0.15) is 29.3 Å². The Balaban J connectivity index is 1.55. The number of benzene rings is 3. The number of nitrogens with one attached hydrogen (secondary N) is 2. The number of hydrogen-bond donors (Lipinski definition) is 2. The number of carbonyl (C=O) groups is 2. The molecule has 2 amide bonds. The normalized spacial score (nSPS) is 12.0. The van der Waals surface area contributed by atoms with E-state index in [4.69, 9.17) is 4.74 Å². The molecule has 4 aromatic rings. The number of aromatic nitrogens is 1. The summed E-state index contributed by atoms with van der Waals surface area (Å²) in [5.41, 5.74) is 7.03. The predicted molar refractivity (Wildman–Crippen MR) is 142 cm³/mol. The third kappa shape index (κ3) is 6.41. The monoisotopic (exact) mass is 500 g/mol. The molecule has 0 aliphatic carbocycles. The number of carbonyl (C=O) groups excluding carboxylic acids is 2. The molecule has 0 aliphatic heterocycles. The van der Waals surface area contributed by atoms with Crippen molar-refractivity contribution in [3.8, 4) is 0 Å². The molecule has 0 unspecified atom stereocenters. The summed E-state index contributed by atoms with van der Waals surface area (Å²) in [7, 11) is 0. The van der Waals surface area contributed by atoms with Crippen LogP contribution in [0.4, 0.5) is 9.18 Å². The largest absolute Gasteiger partial charge is 0.450 e. The van der Waals surface area contributed by atoms with E-state index >= 15 is 0 Å². The molecule has 1 atom stereocenters. The number of hydrogen-bond acceptors (Lipinski definition) is 4. The van der Waals surface area contributed by atoms with E-state index in [0.717, 1.165) is 33.3 Å². The summed E-state index contributed by atoms with van der Waals surface area (Å²) in [4.78, 5) is 25.0. The van der Waals surface area contributed by atoms with Crippen LogP contribution in [-0.4, -0.2) is 35.4 Å². The molecule has 0 fully saturated rings. The fourth-order valence-electron chi connectivity index (χ4n) is 4.25. The number of ether oxygens (including phenoxy) is 1. The van der Waals surface area contributed by atoms with Gasteiger partial charge in [0.2, 0.25) is 0 Å². The molecule has 1 aromatic heterocycles. The fraction of sp³-hybridized carbons (Fsp3) is 0.207. The van der Waals surface area contributed by atoms with Crippen LogP contribution in [-0.2, 0) is 22.5 Å². The number of amides is 2. The van der Waals surface area contributed by atoms with Crippen LogP contribution < -0.4 is 10.7 Å². The van der Waals surface area contributed by atoms with E-state index in [1.54, 1.807) is 19.2 Å². The fourth-order valence-corrected chi connectivity index (χ4v) is 4.25. The van der Waals surface area contributed by atoms with Crippen molar-refractivity contribution in [2.75, 3.05) is 6.61 Å². The van der Waals surface area contributed by atoms with Gasteiger partial charge < -0.3 is 14.6 Å². The lowest BCUT2D eigenvalue weighted by Crippen LogP contribution is -2.47. The van der Waals surface area contributed by atoms with Crippen LogP contribution in [0.25, 0.3) is 10.9 Å². The molecule has 37 heavy (non-hydrogen) atoms. The molecule has 0 radical (unpaired) electrons. The first-order valence-corrected chi connectivity index (χ1v) is 12.1. The second-order valence-corrected chi connectivity index (χ2v) is 8.57. The summed E-state index contributed by atoms with van der Waals surface area (Å²) < 4.78 is 20.8. The third-order valence-corrected chi connectivity index (χ3v) is 6.04. The number of para-hydroxylation sites is 1. The summed E-state index contributed by atoms with van der Waals surface area (Å²) >= 11 is 0. The number of fused-ring (bicyclic) bond motifs is 1. The van der Waals surface area contributed by atoms with Crippen molar-refractivity contribution in [1.82, 2.24) is 15.3 Å². The number of alkyl carbamates (subject to hydrolysis) is 1. The van der Waals surface area contributed by atoms with Crippen molar-refractivity contribution in [3.63, 3.8) is 0 Å². The molecule has 2 N–H and O–H groups in total. The Morgan fingerprint density at radius 3 is 2.51 bits per heavy atom.